The van der Waals surface area contributed by atoms with Crippen LogP contribution < -0.4 is 10.7 Å². The van der Waals surface area contributed by atoms with E-state index in [0.29, 0.717) is 37.9 Å². The van der Waals surface area contributed by atoms with Crippen molar-refractivity contribution in [3.63, 3.8) is 0 Å². The van der Waals surface area contributed by atoms with E-state index in [1.165, 1.54) is 5.01 Å². The number of amides is 3. The van der Waals surface area contributed by atoms with Crippen molar-refractivity contribution < 1.29 is 33.8 Å². The van der Waals surface area contributed by atoms with Crippen LogP contribution in [0.2, 0.25) is 0 Å². The van der Waals surface area contributed by atoms with Crippen molar-refractivity contribution in [2.24, 2.45) is 22.7 Å². The molecule has 4 heterocycles. The number of pyridine rings is 1. The average Bonchev–Trinajstić information content (AvgIpc) is 4.17. The van der Waals surface area contributed by atoms with Gasteiger partial charge in [-0.1, -0.05) is 39.8 Å². The Kier molecular flexibility index (Phi) is 11.7. The summed E-state index contributed by atoms with van der Waals surface area (Å²) in [7, 11) is 3.37. The van der Waals surface area contributed by atoms with Crippen molar-refractivity contribution in [2.45, 2.75) is 117 Å². The number of ether oxygens (including phenoxy) is 2. The van der Waals surface area contributed by atoms with Gasteiger partial charge in [0.25, 0.3) is 5.91 Å². The molecule has 2 saturated carbocycles. The summed E-state index contributed by atoms with van der Waals surface area (Å²) in [5.74, 6) is -1.59. The molecule has 2 aromatic heterocycles. The van der Waals surface area contributed by atoms with Crippen LogP contribution in [0.5, 0.6) is 5.75 Å². The maximum Gasteiger partial charge on any atom is 0.324 e. The van der Waals surface area contributed by atoms with E-state index in [9.17, 15) is 24.3 Å². The second kappa shape index (κ2) is 16.8. The molecule has 4 unspecified atom stereocenters. The number of carbonyl (C=O) groups excluding carboxylic acids is 4. The summed E-state index contributed by atoms with van der Waals surface area (Å²) in [6, 6.07) is 13.0. The normalized spacial score (nSPS) is 22.8. The molecule has 4 aromatic rings. The van der Waals surface area contributed by atoms with Gasteiger partial charge in [0.2, 0.25) is 11.8 Å². The van der Waals surface area contributed by atoms with Gasteiger partial charge in [-0.15, -0.1) is 0 Å². The van der Waals surface area contributed by atoms with Gasteiger partial charge < -0.3 is 29.4 Å². The molecule has 13 nitrogen and oxygen atoms in total. The lowest BCUT2D eigenvalue weighted by Gasteiger charge is -2.37. The quantitative estimate of drug-likeness (QED) is 0.156. The number of aryl methyl sites for hydroxylation is 1. The zero-order valence-corrected chi connectivity index (χ0v) is 37.4. The largest absolute Gasteiger partial charge is 0.508 e. The highest BCUT2D eigenvalue weighted by atomic mass is 16.5. The Morgan fingerprint density at radius 2 is 1.87 bits per heavy atom. The summed E-state index contributed by atoms with van der Waals surface area (Å²) in [6.07, 6.45) is 6.11. The van der Waals surface area contributed by atoms with Gasteiger partial charge in [-0.25, -0.2) is 5.43 Å². The van der Waals surface area contributed by atoms with Crippen molar-refractivity contribution in [2.75, 3.05) is 27.3 Å². The summed E-state index contributed by atoms with van der Waals surface area (Å²) in [5, 5.41) is 16.8. The summed E-state index contributed by atoms with van der Waals surface area (Å²) in [6.45, 7) is 13.2. The van der Waals surface area contributed by atoms with Crippen molar-refractivity contribution in [1.82, 2.24) is 30.2 Å². The third-order valence-corrected chi connectivity index (χ3v) is 13.7. The Labute approximate surface area is 364 Å². The third kappa shape index (κ3) is 8.33. The minimum atomic E-state index is -1.09. The first-order chi connectivity index (χ1) is 29.5. The van der Waals surface area contributed by atoms with E-state index in [1.54, 1.807) is 37.4 Å². The second-order valence-corrected chi connectivity index (χ2v) is 19.3. The van der Waals surface area contributed by atoms with Crippen LogP contribution in [0, 0.1) is 22.7 Å². The lowest BCUT2D eigenvalue weighted by Crippen LogP contribution is -2.62. The molecule has 3 fully saturated rings. The highest BCUT2D eigenvalue weighted by Gasteiger charge is 2.66. The standard InChI is InChI=1S/C49H62N6O7/c1-9-54-40-15-14-31-24-35(40)36(43(54)34-12-10-18-50-41(34)29(4)61-8)25-48(5,6)27-62-47(60)38-13-11-19-55(52-38)46(59)39(22-30-20-32(31)23-33(56)21-30)51-44(57)42(28(2)3)53(7)45(58)37-26-49(37)16-17-49/h10,12,14-15,18,20-21,23-24,28-29,37-39,42,52,56H,9,11,13,16-17,19,22,25-27H2,1-8H3,(H,51,57)/t29?,37?,38-,39?,42?/m0/s1. The molecule has 330 valence electrons. The van der Waals surface area contributed by atoms with E-state index >= 15 is 0 Å². The maximum atomic E-state index is 14.6. The number of esters is 1. The predicted molar refractivity (Wildman–Crippen MR) is 236 cm³/mol. The van der Waals surface area contributed by atoms with Crippen LogP contribution >= 0.6 is 0 Å². The molecule has 0 radical (unpaired) electrons. The monoisotopic (exact) mass is 846 g/mol. The molecule has 13 heteroatoms. The first kappa shape index (κ1) is 43.4. The fraction of sp³-hybridized carbons (Fsp3) is 0.531. The molecule has 2 aliphatic carbocycles. The van der Waals surface area contributed by atoms with Crippen LogP contribution in [0.1, 0.15) is 96.6 Å². The number of phenols is 1. The molecule has 2 aromatic carbocycles. The molecular formula is C49H62N6O7. The summed E-state index contributed by atoms with van der Waals surface area (Å²) < 4.78 is 14.2. The number of hydrazine groups is 1. The number of aromatic hydroxyl groups is 1. The smallest absolute Gasteiger partial charge is 0.324 e. The van der Waals surface area contributed by atoms with E-state index < -0.39 is 41.3 Å². The molecule has 1 spiro atoms. The Morgan fingerprint density at radius 1 is 1.10 bits per heavy atom. The highest BCUT2D eigenvalue weighted by molar-refractivity contribution is 5.96. The number of fused-ring (bicyclic) bond motifs is 6. The van der Waals surface area contributed by atoms with Crippen LogP contribution in [-0.2, 0) is 48.0 Å². The molecule has 3 N–H and O–H groups in total. The number of nitrogens with one attached hydrogen (secondary N) is 2. The zero-order valence-electron chi connectivity index (χ0n) is 37.4. The van der Waals surface area contributed by atoms with Crippen LogP contribution in [0.3, 0.4) is 0 Å². The van der Waals surface area contributed by atoms with Crippen LogP contribution in [0.15, 0.2) is 54.7 Å². The molecular weight excluding hydrogens is 785 g/mol. The van der Waals surface area contributed by atoms with Crippen molar-refractivity contribution in [3.05, 3.63) is 71.5 Å². The number of rotatable bonds is 9. The van der Waals surface area contributed by atoms with Crippen molar-refractivity contribution in [1.29, 1.82) is 0 Å². The van der Waals surface area contributed by atoms with Gasteiger partial charge in [-0.05, 0) is 122 Å². The van der Waals surface area contributed by atoms with Crippen molar-refractivity contribution in [3.8, 4) is 28.1 Å². The third-order valence-electron chi connectivity index (χ3n) is 13.7. The molecule has 4 aliphatic rings. The van der Waals surface area contributed by atoms with Gasteiger partial charge in [0.15, 0.2) is 0 Å². The zero-order chi connectivity index (χ0) is 44.2. The SMILES string of the molecule is CCn1c(-c2cccnc2C(C)OC)c2c3cc(ccc31)-c1cc(O)cc(c1)CC(NC(=O)C(C(C)C)N(C)C(=O)C1CC13CC3)C(=O)N1CCC[C@H](N1)C(=O)OCC(C)(C)C2. The molecule has 6 bridgehead atoms. The number of likely N-dealkylation sites (N-methyl/N-ethyl adjacent to an activating group) is 1. The van der Waals surface area contributed by atoms with Gasteiger partial charge in [0.1, 0.15) is 23.9 Å². The summed E-state index contributed by atoms with van der Waals surface area (Å²) in [5.41, 5.74) is 9.91. The molecule has 1 saturated heterocycles. The molecule has 3 amide bonds. The van der Waals surface area contributed by atoms with Crippen LogP contribution in [0.25, 0.3) is 33.3 Å². The first-order valence-corrected chi connectivity index (χ1v) is 22.3. The number of hydrogen-bond donors (Lipinski definition) is 3. The number of methoxy groups -OCH3 is 1. The Morgan fingerprint density at radius 3 is 2.56 bits per heavy atom. The van der Waals surface area contributed by atoms with E-state index in [-0.39, 0.29) is 48.0 Å². The van der Waals surface area contributed by atoms with Crippen molar-refractivity contribution >= 4 is 34.6 Å². The van der Waals surface area contributed by atoms with Gasteiger partial charge >= 0.3 is 5.97 Å². The number of hydrogen-bond acceptors (Lipinski definition) is 9. The number of aromatic nitrogens is 2. The topological polar surface area (TPSA) is 155 Å². The summed E-state index contributed by atoms with van der Waals surface area (Å²) >= 11 is 0. The van der Waals surface area contributed by atoms with Gasteiger partial charge in [0, 0.05) is 67.7 Å². The first-order valence-electron chi connectivity index (χ1n) is 22.3. The average molecular weight is 847 g/mol. The molecule has 62 heavy (non-hydrogen) atoms. The number of phenolic OH excluding ortho intramolecular Hbond substituents is 1. The Bertz CT molecular complexity index is 2400. The molecule has 5 atom stereocenters. The van der Waals surface area contributed by atoms with E-state index in [1.807, 2.05) is 39.0 Å². The number of carbonyl (C=O) groups is 4. The highest BCUT2D eigenvalue weighted by Crippen LogP contribution is 2.71. The Balaban J connectivity index is 1.23. The molecule has 8 rings (SSSR count). The van der Waals surface area contributed by atoms with E-state index in [4.69, 9.17) is 14.5 Å². The van der Waals surface area contributed by atoms with Crippen LogP contribution in [0.4, 0.5) is 0 Å². The fourth-order valence-electron chi connectivity index (χ4n) is 10.0. The Hall–Kier alpha value is -5.27. The number of nitrogens with zero attached hydrogens (tertiary/aromatic N) is 4. The second-order valence-electron chi connectivity index (χ2n) is 19.3. The minimum absolute atomic E-state index is 0.0222. The summed E-state index contributed by atoms with van der Waals surface area (Å²) in [4.78, 5) is 62.9. The van der Waals surface area contributed by atoms with Gasteiger partial charge in [0.05, 0.1) is 24.1 Å². The molecule has 2 aliphatic heterocycles. The number of benzene rings is 2. The predicted octanol–water partition coefficient (Wildman–Crippen LogP) is 6.73. The van der Waals surface area contributed by atoms with E-state index in [0.717, 1.165) is 63.8 Å². The lowest BCUT2D eigenvalue weighted by atomic mass is 9.84. The fourth-order valence-corrected chi connectivity index (χ4v) is 10.0. The van der Waals surface area contributed by atoms with Crippen LogP contribution in [-0.4, -0.2) is 93.7 Å². The van der Waals surface area contributed by atoms with Gasteiger partial charge in [-0.2, -0.15) is 0 Å². The van der Waals surface area contributed by atoms with E-state index in [2.05, 4.69) is 54.3 Å². The minimum Gasteiger partial charge on any atom is -0.508 e. The maximum absolute atomic E-state index is 14.6. The lowest BCUT2D eigenvalue weighted by molar-refractivity contribution is -0.155. The number of cyclic esters (lactones) is 1. The van der Waals surface area contributed by atoms with Gasteiger partial charge in [-0.3, -0.25) is 29.2 Å².